The zero-order chi connectivity index (χ0) is 14.3. The lowest BCUT2D eigenvalue weighted by Gasteiger charge is -2.22. The highest BCUT2D eigenvalue weighted by Crippen LogP contribution is 2.34. The van der Waals surface area contributed by atoms with Gasteiger partial charge in [0, 0.05) is 6.61 Å². The van der Waals surface area contributed by atoms with Gasteiger partial charge in [0.2, 0.25) is 0 Å². The summed E-state index contributed by atoms with van der Waals surface area (Å²) >= 11 is 0. The molecule has 0 bridgehead atoms. The molecule has 1 rings (SSSR count). The molecule has 0 saturated carbocycles. The van der Waals surface area contributed by atoms with E-state index in [2.05, 4.69) is 5.32 Å². The largest absolute Gasteiger partial charge is 0.416 e. The van der Waals surface area contributed by atoms with Crippen molar-refractivity contribution in [2.45, 2.75) is 32.5 Å². The number of hydrogen-bond acceptors (Lipinski definition) is 2. The number of nitrogens with one attached hydrogen (secondary N) is 1. The van der Waals surface area contributed by atoms with Crippen molar-refractivity contribution in [2.75, 3.05) is 19.8 Å². The molecule has 108 valence electrons. The first-order valence-electron chi connectivity index (χ1n) is 6.48. The van der Waals surface area contributed by atoms with Gasteiger partial charge in [-0.15, -0.1) is 0 Å². The van der Waals surface area contributed by atoms with Crippen molar-refractivity contribution in [1.82, 2.24) is 5.32 Å². The Hall–Kier alpha value is -1.07. The van der Waals surface area contributed by atoms with E-state index < -0.39 is 17.8 Å². The van der Waals surface area contributed by atoms with Gasteiger partial charge in [0.05, 0.1) is 18.2 Å². The van der Waals surface area contributed by atoms with Crippen LogP contribution in [0.2, 0.25) is 0 Å². The van der Waals surface area contributed by atoms with Gasteiger partial charge in [-0.05, 0) is 24.6 Å². The summed E-state index contributed by atoms with van der Waals surface area (Å²) in [6.07, 6.45) is -3.49. The summed E-state index contributed by atoms with van der Waals surface area (Å²) in [5.41, 5.74) is -0.353. The van der Waals surface area contributed by atoms with E-state index in [0.717, 1.165) is 12.5 Å². The number of halogens is 3. The summed E-state index contributed by atoms with van der Waals surface area (Å²) in [6, 6.07) is 5.21. The van der Waals surface area contributed by atoms with E-state index in [1.165, 1.54) is 12.1 Å². The molecule has 19 heavy (non-hydrogen) atoms. The smallest absolute Gasteiger partial charge is 0.379 e. The summed E-state index contributed by atoms with van der Waals surface area (Å²) in [7, 11) is 0. The molecule has 0 aromatic heterocycles. The predicted molar refractivity (Wildman–Crippen MR) is 69.0 cm³/mol. The Morgan fingerprint density at radius 2 is 1.89 bits per heavy atom. The van der Waals surface area contributed by atoms with Gasteiger partial charge in [-0.25, -0.2) is 0 Å². The Labute approximate surface area is 112 Å². The number of ether oxygens (including phenoxy) is 1. The van der Waals surface area contributed by atoms with Crippen LogP contribution in [0.3, 0.4) is 0 Å². The molecule has 0 radical (unpaired) electrons. The molecule has 0 saturated heterocycles. The molecule has 0 spiro atoms. The molecule has 0 fully saturated rings. The molecule has 1 atom stereocenters. The SMILES string of the molecule is CCCOCC(NCC)c1ccccc1C(F)(F)F. The average molecular weight is 275 g/mol. The van der Waals surface area contributed by atoms with Crippen LogP contribution in [0.15, 0.2) is 24.3 Å². The maximum Gasteiger partial charge on any atom is 0.416 e. The molecule has 1 aromatic carbocycles. The van der Waals surface area contributed by atoms with Crippen LogP contribution in [-0.2, 0) is 10.9 Å². The molecule has 5 heteroatoms. The second-order valence-electron chi connectivity index (χ2n) is 4.27. The fourth-order valence-electron chi connectivity index (χ4n) is 1.91. The van der Waals surface area contributed by atoms with E-state index in [4.69, 9.17) is 4.74 Å². The van der Waals surface area contributed by atoms with Crippen LogP contribution in [0.4, 0.5) is 13.2 Å². The number of likely N-dealkylation sites (N-methyl/N-ethyl adjacent to an activating group) is 1. The standard InChI is InChI=1S/C14H20F3NO/c1-3-9-19-10-13(18-4-2)11-7-5-6-8-12(11)14(15,16)17/h5-8,13,18H,3-4,9-10H2,1-2H3. The first kappa shape index (κ1) is 16.0. The summed E-state index contributed by atoms with van der Waals surface area (Å²) in [6.45, 7) is 5.21. The number of rotatable bonds is 7. The summed E-state index contributed by atoms with van der Waals surface area (Å²) < 4.78 is 44.3. The number of benzene rings is 1. The van der Waals surface area contributed by atoms with Gasteiger partial charge < -0.3 is 10.1 Å². The summed E-state index contributed by atoms with van der Waals surface area (Å²) in [5.74, 6) is 0. The lowest BCUT2D eigenvalue weighted by molar-refractivity contribution is -0.138. The maximum atomic E-state index is 13.0. The third kappa shape index (κ3) is 4.84. The zero-order valence-corrected chi connectivity index (χ0v) is 11.3. The Bertz CT molecular complexity index is 379. The third-order valence-corrected chi connectivity index (χ3v) is 2.73. The molecule has 0 aliphatic carbocycles. The van der Waals surface area contributed by atoms with Crippen LogP contribution in [0.1, 0.15) is 37.4 Å². The topological polar surface area (TPSA) is 21.3 Å². The van der Waals surface area contributed by atoms with E-state index in [-0.39, 0.29) is 12.2 Å². The van der Waals surface area contributed by atoms with Crippen LogP contribution >= 0.6 is 0 Å². The highest BCUT2D eigenvalue weighted by atomic mass is 19.4. The monoisotopic (exact) mass is 275 g/mol. The Kier molecular flexibility index (Phi) is 6.31. The zero-order valence-electron chi connectivity index (χ0n) is 11.3. The van der Waals surface area contributed by atoms with Crippen LogP contribution < -0.4 is 5.32 Å². The van der Waals surface area contributed by atoms with E-state index in [9.17, 15) is 13.2 Å². The Morgan fingerprint density at radius 1 is 1.21 bits per heavy atom. The highest BCUT2D eigenvalue weighted by Gasteiger charge is 2.34. The molecular weight excluding hydrogens is 255 g/mol. The van der Waals surface area contributed by atoms with E-state index >= 15 is 0 Å². The van der Waals surface area contributed by atoms with E-state index in [1.54, 1.807) is 6.07 Å². The van der Waals surface area contributed by atoms with Crippen LogP contribution in [0.25, 0.3) is 0 Å². The van der Waals surface area contributed by atoms with Gasteiger partial charge in [-0.3, -0.25) is 0 Å². The van der Waals surface area contributed by atoms with Crippen molar-refractivity contribution in [1.29, 1.82) is 0 Å². The summed E-state index contributed by atoms with van der Waals surface area (Å²) in [4.78, 5) is 0. The molecule has 0 aliphatic heterocycles. The minimum absolute atomic E-state index is 0.243. The molecule has 0 amide bonds. The minimum atomic E-state index is -4.34. The quantitative estimate of drug-likeness (QED) is 0.765. The lowest BCUT2D eigenvalue weighted by atomic mass is 10.0. The van der Waals surface area contributed by atoms with Crippen molar-refractivity contribution >= 4 is 0 Å². The van der Waals surface area contributed by atoms with Gasteiger partial charge in [0.25, 0.3) is 0 Å². The third-order valence-electron chi connectivity index (χ3n) is 2.73. The first-order valence-corrected chi connectivity index (χ1v) is 6.48. The van der Waals surface area contributed by atoms with Gasteiger partial charge in [-0.2, -0.15) is 13.2 Å². The number of hydrogen-bond donors (Lipinski definition) is 1. The van der Waals surface area contributed by atoms with Gasteiger partial charge in [0.1, 0.15) is 0 Å². The Morgan fingerprint density at radius 3 is 2.47 bits per heavy atom. The fourth-order valence-corrected chi connectivity index (χ4v) is 1.91. The molecule has 1 unspecified atom stereocenters. The second kappa shape index (κ2) is 7.50. The van der Waals surface area contributed by atoms with E-state index in [1.807, 2.05) is 13.8 Å². The molecule has 0 heterocycles. The Balaban J connectivity index is 2.95. The highest BCUT2D eigenvalue weighted by molar-refractivity contribution is 5.32. The van der Waals surface area contributed by atoms with Gasteiger partial charge in [-0.1, -0.05) is 32.0 Å². The maximum absolute atomic E-state index is 13.0. The first-order chi connectivity index (χ1) is 9.00. The van der Waals surface area contributed by atoms with Crippen LogP contribution in [-0.4, -0.2) is 19.8 Å². The van der Waals surface area contributed by atoms with Crippen molar-refractivity contribution in [2.24, 2.45) is 0 Å². The fraction of sp³-hybridized carbons (Fsp3) is 0.571. The minimum Gasteiger partial charge on any atom is -0.379 e. The van der Waals surface area contributed by atoms with Crippen molar-refractivity contribution < 1.29 is 17.9 Å². The lowest BCUT2D eigenvalue weighted by Crippen LogP contribution is -2.28. The average Bonchev–Trinajstić information content (AvgIpc) is 2.37. The number of alkyl halides is 3. The molecular formula is C14H20F3NO. The van der Waals surface area contributed by atoms with Crippen molar-refractivity contribution in [3.8, 4) is 0 Å². The second-order valence-corrected chi connectivity index (χ2v) is 4.27. The normalized spacial score (nSPS) is 13.5. The van der Waals surface area contributed by atoms with Crippen molar-refractivity contribution in [3.05, 3.63) is 35.4 Å². The van der Waals surface area contributed by atoms with Crippen LogP contribution in [0.5, 0.6) is 0 Å². The predicted octanol–water partition coefficient (Wildman–Crippen LogP) is 3.78. The van der Waals surface area contributed by atoms with Crippen LogP contribution in [0, 0.1) is 0 Å². The molecule has 0 aliphatic rings. The van der Waals surface area contributed by atoms with Gasteiger partial charge in [0.15, 0.2) is 0 Å². The summed E-state index contributed by atoms with van der Waals surface area (Å²) in [5, 5.41) is 3.05. The molecule has 2 nitrogen and oxygen atoms in total. The molecule has 1 N–H and O–H groups in total. The van der Waals surface area contributed by atoms with Crippen molar-refractivity contribution in [3.63, 3.8) is 0 Å². The van der Waals surface area contributed by atoms with E-state index in [0.29, 0.717) is 13.2 Å². The van der Waals surface area contributed by atoms with Gasteiger partial charge >= 0.3 is 6.18 Å². The molecule has 1 aromatic rings.